The third kappa shape index (κ3) is 0.968. The fraction of sp³-hybridized carbons (Fsp3) is 1.00. The van der Waals surface area contributed by atoms with E-state index in [1.165, 1.54) is 19.3 Å². The van der Waals surface area contributed by atoms with Crippen molar-refractivity contribution in [3.8, 4) is 0 Å². The minimum absolute atomic E-state index is 0.661. The molecule has 0 unspecified atom stereocenters. The highest BCUT2D eigenvalue weighted by Crippen LogP contribution is 2.43. The summed E-state index contributed by atoms with van der Waals surface area (Å²) >= 11 is 0. The second-order valence-corrected chi connectivity index (χ2v) is 3.98. The van der Waals surface area contributed by atoms with Crippen LogP contribution in [0, 0.1) is 11.8 Å². The van der Waals surface area contributed by atoms with E-state index in [0.717, 1.165) is 11.8 Å². The third-order valence-corrected chi connectivity index (χ3v) is 2.93. The van der Waals surface area contributed by atoms with E-state index < -0.39 is 0 Å². The summed E-state index contributed by atoms with van der Waals surface area (Å²) in [4.78, 5) is 0. The molecule has 0 radical (unpaired) electrons. The summed E-state index contributed by atoms with van der Waals surface area (Å²) in [6.45, 7) is 4.63. The average molecular weight is 140 g/mol. The Hall–Kier alpha value is -0.0400. The highest BCUT2D eigenvalue weighted by molar-refractivity contribution is 4.95. The smallest absolute Gasteiger partial charge is 0.0872 e. The molecule has 1 nitrogen and oxygen atoms in total. The quantitative estimate of drug-likeness (QED) is 0.509. The van der Waals surface area contributed by atoms with E-state index in [0.29, 0.717) is 12.2 Å². The molecule has 3 atom stereocenters. The molecule has 2 rings (SSSR count). The normalized spacial score (nSPS) is 45.3. The average Bonchev–Trinajstić information content (AvgIpc) is 2.63. The molecule has 1 heteroatoms. The highest BCUT2D eigenvalue weighted by atomic mass is 16.6. The predicted molar refractivity (Wildman–Crippen MR) is 40.8 cm³/mol. The van der Waals surface area contributed by atoms with Gasteiger partial charge in [0.05, 0.1) is 12.2 Å². The van der Waals surface area contributed by atoms with E-state index in [9.17, 15) is 0 Å². The zero-order valence-electron chi connectivity index (χ0n) is 6.84. The Labute approximate surface area is 62.8 Å². The first-order valence-electron chi connectivity index (χ1n) is 4.44. The Bertz CT molecular complexity index is 131. The van der Waals surface area contributed by atoms with Crippen LogP contribution in [0.1, 0.15) is 33.1 Å². The van der Waals surface area contributed by atoms with Crippen LogP contribution in [0.5, 0.6) is 0 Å². The molecule has 1 aliphatic heterocycles. The van der Waals surface area contributed by atoms with Gasteiger partial charge in [0, 0.05) is 0 Å². The van der Waals surface area contributed by atoms with Gasteiger partial charge in [-0.1, -0.05) is 20.3 Å². The Morgan fingerprint density at radius 1 is 1.30 bits per heavy atom. The SMILES string of the molecule is CC(C)[C@H]1CCC[C@H]2O[C@@H]12. The Morgan fingerprint density at radius 2 is 2.10 bits per heavy atom. The molecule has 58 valence electrons. The second-order valence-electron chi connectivity index (χ2n) is 3.98. The van der Waals surface area contributed by atoms with Gasteiger partial charge < -0.3 is 4.74 Å². The van der Waals surface area contributed by atoms with Crippen LogP contribution < -0.4 is 0 Å². The summed E-state index contributed by atoms with van der Waals surface area (Å²) in [5, 5.41) is 0. The van der Waals surface area contributed by atoms with Crippen LogP contribution >= 0.6 is 0 Å². The van der Waals surface area contributed by atoms with E-state index in [1.807, 2.05) is 0 Å². The number of epoxide rings is 1. The zero-order valence-corrected chi connectivity index (χ0v) is 6.84. The van der Waals surface area contributed by atoms with Gasteiger partial charge in [-0.3, -0.25) is 0 Å². The zero-order chi connectivity index (χ0) is 7.14. The third-order valence-electron chi connectivity index (χ3n) is 2.93. The lowest BCUT2D eigenvalue weighted by Gasteiger charge is -2.21. The van der Waals surface area contributed by atoms with Crippen LogP contribution in [-0.2, 0) is 4.74 Å². The molecule has 0 aromatic carbocycles. The van der Waals surface area contributed by atoms with Crippen molar-refractivity contribution in [1.82, 2.24) is 0 Å². The Kier molecular flexibility index (Phi) is 1.48. The molecule has 0 aromatic heterocycles. The lowest BCUT2D eigenvalue weighted by molar-refractivity contribution is 0.262. The first-order chi connectivity index (χ1) is 4.79. The maximum atomic E-state index is 5.55. The van der Waals surface area contributed by atoms with Gasteiger partial charge in [0.2, 0.25) is 0 Å². The molecular weight excluding hydrogens is 124 g/mol. The summed E-state index contributed by atoms with van der Waals surface area (Å²) in [6, 6.07) is 0. The van der Waals surface area contributed by atoms with Gasteiger partial charge in [-0.25, -0.2) is 0 Å². The molecule has 0 amide bonds. The van der Waals surface area contributed by atoms with E-state index in [4.69, 9.17) is 4.74 Å². The van der Waals surface area contributed by atoms with Crippen molar-refractivity contribution in [3.05, 3.63) is 0 Å². The molecule has 2 fully saturated rings. The van der Waals surface area contributed by atoms with Crippen LogP contribution in [0.4, 0.5) is 0 Å². The van der Waals surface area contributed by atoms with Crippen LogP contribution in [0.3, 0.4) is 0 Å². The number of fused-ring (bicyclic) bond motifs is 1. The van der Waals surface area contributed by atoms with Crippen molar-refractivity contribution in [2.75, 3.05) is 0 Å². The van der Waals surface area contributed by atoms with E-state index >= 15 is 0 Å². The molecular formula is C9H16O. The molecule has 1 aliphatic carbocycles. The van der Waals surface area contributed by atoms with Crippen LogP contribution in [0.15, 0.2) is 0 Å². The van der Waals surface area contributed by atoms with E-state index in [1.54, 1.807) is 0 Å². The fourth-order valence-corrected chi connectivity index (χ4v) is 2.20. The molecule has 2 aliphatic rings. The maximum Gasteiger partial charge on any atom is 0.0872 e. The Morgan fingerprint density at radius 3 is 2.70 bits per heavy atom. The van der Waals surface area contributed by atoms with Crippen LogP contribution in [0.25, 0.3) is 0 Å². The molecule has 0 aromatic rings. The van der Waals surface area contributed by atoms with Crippen molar-refractivity contribution >= 4 is 0 Å². The Balaban J connectivity index is 1.96. The second kappa shape index (κ2) is 2.23. The first kappa shape index (κ1) is 6.66. The van der Waals surface area contributed by atoms with Gasteiger partial charge >= 0.3 is 0 Å². The van der Waals surface area contributed by atoms with Crippen molar-refractivity contribution in [3.63, 3.8) is 0 Å². The number of hydrogen-bond acceptors (Lipinski definition) is 1. The summed E-state index contributed by atoms with van der Waals surface area (Å²) in [5.74, 6) is 1.70. The fourth-order valence-electron chi connectivity index (χ4n) is 2.20. The van der Waals surface area contributed by atoms with Gasteiger partial charge in [0.1, 0.15) is 0 Å². The molecule has 10 heavy (non-hydrogen) atoms. The lowest BCUT2D eigenvalue weighted by Crippen LogP contribution is -2.21. The predicted octanol–water partition coefficient (Wildman–Crippen LogP) is 2.21. The van der Waals surface area contributed by atoms with Gasteiger partial charge in [-0.15, -0.1) is 0 Å². The lowest BCUT2D eigenvalue weighted by atomic mass is 9.82. The van der Waals surface area contributed by atoms with E-state index in [2.05, 4.69) is 13.8 Å². The summed E-state index contributed by atoms with van der Waals surface area (Å²) in [5.41, 5.74) is 0. The molecule has 0 bridgehead atoms. The van der Waals surface area contributed by atoms with Gasteiger partial charge in [0.15, 0.2) is 0 Å². The molecule has 0 spiro atoms. The molecule has 1 heterocycles. The van der Waals surface area contributed by atoms with Crippen molar-refractivity contribution < 1.29 is 4.74 Å². The van der Waals surface area contributed by atoms with Crippen molar-refractivity contribution in [1.29, 1.82) is 0 Å². The highest BCUT2D eigenvalue weighted by Gasteiger charge is 2.47. The summed E-state index contributed by atoms with van der Waals surface area (Å²) < 4.78 is 5.55. The van der Waals surface area contributed by atoms with Crippen LogP contribution in [0.2, 0.25) is 0 Å². The molecule has 0 N–H and O–H groups in total. The summed E-state index contributed by atoms with van der Waals surface area (Å²) in [6.07, 6.45) is 5.45. The largest absolute Gasteiger partial charge is 0.369 e. The number of hydrogen-bond donors (Lipinski definition) is 0. The molecule has 1 saturated carbocycles. The van der Waals surface area contributed by atoms with Crippen molar-refractivity contribution in [2.24, 2.45) is 11.8 Å². The monoisotopic (exact) mass is 140 g/mol. The summed E-state index contributed by atoms with van der Waals surface area (Å²) in [7, 11) is 0. The van der Waals surface area contributed by atoms with Crippen molar-refractivity contribution in [2.45, 2.75) is 45.3 Å². The van der Waals surface area contributed by atoms with Gasteiger partial charge in [-0.2, -0.15) is 0 Å². The maximum absolute atomic E-state index is 5.55. The topological polar surface area (TPSA) is 12.5 Å². The standard InChI is InChI=1S/C9H16O/c1-6(2)7-4-3-5-8-9(7)10-8/h6-9H,3-5H2,1-2H3/t7-,8-,9+/m1/s1. The van der Waals surface area contributed by atoms with Crippen LogP contribution in [-0.4, -0.2) is 12.2 Å². The van der Waals surface area contributed by atoms with Gasteiger partial charge in [0.25, 0.3) is 0 Å². The first-order valence-corrected chi connectivity index (χ1v) is 4.44. The van der Waals surface area contributed by atoms with Gasteiger partial charge in [-0.05, 0) is 24.7 Å². The minimum atomic E-state index is 0.661. The van der Waals surface area contributed by atoms with E-state index in [-0.39, 0.29) is 0 Å². The number of ether oxygens (including phenoxy) is 1. The minimum Gasteiger partial charge on any atom is -0.369 e. The number of rotatable bonds is 1. The molecule has 1 saturated heterocycles.